The number of imide groups is 1. The SMILES string of the molecule is CCC(=O)O[C@H](C)C(=O)NC(=O)NC1CCCCC1. The largest absolute Gasteiger partial charge is 0.453 e. The Labute approximate surface area is 113 Å². The van der Waals surface area contributed by atoms with Gasteiger partial charge in [-0.1, -0.05) is 26.2 Å². The number of urea groups is 1. The molecule has 0 aromatic carbocycles. The maximum Gasteiger partial charge on any atom is 0.321 e. The second-order valence-corrected chi connectivity index (χ2v) is 4.78. The molecule has 0 aromatic heterocycles. The third kappa shape index (κ3) is 5.72. The molecule has 0 spiro atoms. The molecule has 6 nitrogen and oxygen atoms in total. The van der Waals surface area contributed by atoms with Crippen LogP contribution in [0.5, 0.6) is 0 Å². The summed E-state index contributed by atoms with van der Waals surface area (Å²) in [6.07, 6.45) is 4.54. The average molecular weight is 270 g/mol. The van der Waals surface area contributed by atoms with E-state index in [9.17, 15) is 14.4 Å². The molecule has 1 aliphatic rings. The third-order valence-electron chi connectivity index (χ3n) is 3.14. The Hall–Kier alpha value is -1.59. The van der Waals surface area contributed by atoms with Crippen LogP contribution >= 0.6 is 0 Å². The molecule has 1 rings (SSSR count). The zero-order chi connectivity index (χ0) is 14.3. The van der Waals surface area contributed by atoms with Gasteiger partial charge in [-0.05, 0) is 19.8 Å². The van der Waals surface area contributed by atoms with Gasteiger partial charge in [0.1, 0.15) is 0 Å². The van der Waals surface area contributed by atoms with Crippen LogP contribution in [0.15, 0.2) is 0 Å². The topological polar surface area (TPSA) is 84.5 Å². The highest BCUT2D eigenvalue weighted by atomic mass is 16.5. The summed E-state index contributed by atoms with van der Waals surface area (Å²) in [5.41, 5.74) is 0. The third-order valence-corrected chi connectivity index (χ3v) is 3.14. The number of hydrogen-bond acceptors (Lipinski definition) is 4. The fourth-order valence-electron chi connectivity index (χ4n) is 2.02. The quantitative estimate of drug-likeness (QED) is 0.758. The monoisotopic (exact) mass is 270 g/mol. The Morgan fingerprint density at radius 2 is 1.84 bits per heavy atom. The molecule has 0 unspecified atom stereocenters. The Bertz CT molecular complexity index is 338. The van der Waals surface area contributed by atoms with E-state index in [1.165, 1.54) is 13.3 Å². The number of nitrogens with one attached hydrogen (secondary N) is 2. The normalized spacial score (nSPS) is 17.4. The number of carbonyl (C=O) groups is 3. The predicted octanol–water partition coefficient (Wildman–Crippen LogP) is 1.49. The lowest BCUT2D eigenvalue weighted by Gasteiger charge is -2.23. The molecule has 1 saturated carbocycles. The molecule has 0 aliphatic heterocycles. The van der Waals surface area contributed by atoms with E-state index in [4.69, 9.17) is 4.74 Å². The summed E-state index contributed by atoms with van der Waals surface area (Å²) >= 11 is 0. The molecule has 0 radical (unpaired) electrons. The Morgan fingerprint density at radius 1 is 1.21 bits per heavy atom. The summed E-state index contributed by atoms with van der Waals surface area (Å²) in [6.45, 7) is 3.08. The Balaban J connectivity index is 2.30. The smallest absolute Gasteiger partial charge is 0.321 e. The van der Waals surface area contributed by atoms with Crippen molar-refractivity contribution in [3.63, 3.8) is 0 Å². The molecular formula is C13H22N2O4. The molecule has 0 saturated heterocycles. The summed E-state index contributed by atoms with van der Waals surface area (Å²) in [5.74, 6) is -1.06. The van der Waals surface area contributed by atoms with Gasteiger partial charge in [-0.25, -0.2) is 4.79 Å². The van der Waals surface area contributed by atoms with Crippen molar-refractivity contribution >= 4 is 17.9 Å². The first-order chi connectivity index (χ1) is 9.02. The van der Waals surface area contributed by atoms with Gasteiger partial charge in [0.25, 0.3) is 5.91 Å². The minimum atomic E-state index is -0.954. The van der Waals surface area contributed by atoms with E-state index in [-0.39, 0.29) is 12.5 Å². The van der Waals surface area contributed by atoms with Gasteiger partial charge in [-0.3, -0.25) is 14.9 Å². The summed E-state index contributed by atoms with van der Waals surface area (Å²) in [5, 5.41) is 4.95. The molecule has 1 aliphatic carbocycles. The van der Waals surface area contributed by atoms with E-state index in [0.717, 1.165) is 25.7 Å². The van der Waals surface area contributed by atoms with E-state index in [1.54, 1.807) is 6.92 Å². The van der Waals surface area contributed by atoms with Crippen LogP contribution in [0.25, 0.3) is 0 Å². The first-order valence-electron chi connectivity index (χ1n) is 6.83. The molecule has 0 aromatic rings. The van der Waals surface area contributed by atoms with Crippen molar-refractivity contribution in [1.82, 2.24) is 10.6 Å². The van der Waals surface area contributed by atoms with Gasteiger partial charge in [-0.15, -0.1) is 0 Å². The number of hydrogen-bond donors (Lipinski definition) is 2. The first-order valence-corrected chi connectivity index (χ1v) is 6.83. The van der Waals surface area contributed by atoms with Crippen LogP contribution in [-0.4, -0.2) is 30.1 Å². The van der Waals surface area contributed by atoms with Crippen LogP contribution in [-0.2, 0) is 14.3 Å². The van der Waals surface area contributed by atoms with Crippen LogP contribution in [0.4, 0.5) is 4.79 Å². The van der Waals surface area contributed by atoms with Crippen molar-refractivity contribution in [2.24, 2.45) is 0 Å². The Kier molecular flexibility index (Phi) is 6.32. The highest BCUT2D eigenvalue weighted by Gasteiger charge is 2.21. The van der Waals surface area contributed by atoms with Crippen LogP contribution < -0.4 is 10.6 Å². The second kappa shape index (κ2) is 7.76. The lowest BCUT2D eigenvalue weighted by Crippen LogP contribution is -2.48. The van der Waals surface area contributed by atoms with Crippen molar-refractivity contribution in [3.8, 4) is 0 Å². The molecule has 2 N–H and O–H groups in total. The number of carbonyl (C=O) groups excluding carboxylic acids is 3. The van der Waals surface area contributed by atoms with Crippen molar-refractivity contribution in [1.29, 1.82) is 0 Å². The molecular weight excluding hydrogens is 248 g/mol. The zero-order valence-corrected chi connectivity index (χ0v) is 11.5. The molecule has 6 heteroatoms. The van der Waals surface area contributed by atoms with Crippen LogP contribution in [0.1, 0.15) is 52.4 Å². The molecule has 3 amide bonds. The lowest BCUT2D eigenvalue weighted by atomic mass is 9.96. The maximum absolute atomic E-state index is 11.6. The van der Waals surface area contributed by atoms with Gasteiger partial charge in [0, 0.05) is 12.5 Å². The van der Waals surface area contributed by atoms with Crippen molar-refractivity contribution < 1.29 is 19.1 Å². The van der Waals surface area contributed by atoms with Gasteiger partial charge in [0.05, 0.1) is 0 Å². The van der Waals surface area contributed by atoms with Crippen LogP contribution in [0.2, 0.25) is 0 Å². The van der Waals surface area contributed by atoms with Gasteiger partial charge in [0.15, 0.2) is 6.10 Å². The fraction of sp³-hybridized carbons (Fsp3) is 0.769. The minimum Gasteiger partial charge on any atom is -0.453 e. The molecule has 1 fully saturated rings. The van der Waals surface area contributed by atoms with E-state index < -0.39 is 24.0 Å². The molecule has 1 atom stereocenters. The summed E-state index contributed by atoms with van der Waals surface area (Å²) in [7, 11) is 0. The number of rotatable bonds is 4. The summed E-state index contributed by atoms with van der Waals surface area (Å²) in [4.78, 5) is 34.2. The van der Waals surface area contributed by atoms with E-state index in [0.29, 0.717) is 0 Å². The summed E-state index contributed by atoms with van der Waals surface area (Å²) < 4.78 is 4.82. The molecule has 0 heterocycles. The zero-order valence-electron chi connectivity index (χ0n) is 11.5. The van der Waals surface area contributed by atoms with Gasteiger partial charge >= 0.3 is 12.0 Å². The first kappa shape index (κ1) is 15.5. The maximum atomic E-state index is 11.6. The molecule has 19 heavy (non-hydrogen) atoms. The van der Waals surface area contributed by atoms with Crippen LogP contribution in [0, 0.1) is 0 Å². The number of ether oxygens (including phenoxy) is 1. The van der Waals surface area contributed by atoms with Crippen molar-refractivity contribution in [2.45, 2.75) is 64.5 Å². The summed E-state index contributed by atoms with van der Waals surface area (Å²) in [6, 6.07) is -0.383. The number of esters is 1. The van der Waals surface area contributed by atoms with E-state index in [1.807, 2.05) is 0 Å². The minimum absolute atomic E-state index is 0.134. The molecule has 0 bridgehead atoms. The lowest BCUT2D eigenvalue weighted by molar-refractivity contribution is -0.154. The van der Waals surface area contributed by atoms with Gasteiger partial charge < -0.3 is 10.1 Å². The van der Waals surface area contributed by atoms with Gasteiger partial charge in [-0.2, -0.15) is 0 Å². The van der Waals surface area contributed by atoms with Crippen molar-refractivity contribution in [2.75, 3.05) is 0 Å². The van der Waals surface area contributed by atoms with E-state index in [2.05, 4.69) is 10.6 Å². The van der Waals surface area contributed by atoms with Crippen LogP contribution in [0.3, 0.4) is 0 Å². The van der Waals surface area contributed by atoms with Crippen molar-refractivity contribution in [3.05, 3.63) is 0 Å². The molecule has 108 valence electrons. The number of amides is 3. The highest BCUT2D eigenvalue weighted by molar-refractivity contribution is 5.97. The van der Waals surface area contributed by atoms with E-state index >= 15 is 0 Å². The highest BCUT2D eigenvalue weighted by Crippen LogP contribution is 2.17. The average Bonchev–Trinajstić information content (AvgIpc) is 2.39. The van der Waals surface area contributed by atoms with Gasteiger partial charge in [0.2, 0.25) is 0 Å². The standard InChI is InChI=1S/C13H22N2O4/c1-3-11(16)19-9(2)12(17)15-13(18)14-10-7-5-4-6-8-10/h9-10H,3-8H2,1-2H3,(H2,14,15,17,18)/t9-/m1/s1. The predicted molar refractivity (Wildman–Crippen MR) is 69.4 cm³/mol. The fourth-order valence-corrected chi connectivity index (χ4v) is 2.02. The second-order valence-electron chi connectivity index (χ2n) is 4.78. The Morgan fingerprint density at radius 3 is 2.42 bits per heavy atom.